The first-order chi connectivity index (χ1) is 14.6. The third-order valence-corrected chi connectivity index (χ3v) is 6.31. The maximum Gasteiger partial charge on any atom is 0.227 e. The molecule has 0 unspecified atom stereocenters. The number of hydrogen-bond acceptors (Lipinski definition) is 3. The number of halogens is 1. The predicted molar refractivity (Wildman–Crippen MR) is 116 cm³/mol. The molecular formula is C24H27FN4O. The zero-order chi connectivity index (χ0) is 20.5. The van der Waals surface area contributed by atoms with Crippen molar-refractivity contribution in [3.05, 3.63) is 59.7 Å². The standard InChI is InChI=1S/C24H27FN4O/c25-19-7-10-21-22(14-19)27-23(26-21)13-18-3-1-11-28(16-18)15-17-5-8-20(9-6-17)29-12-2-4-24(29)30/h5-10,14,18H,1-4,11-13,15-16H2,(H,26,27)/t18-/m0/s1. The van der Waals surface area contributed by atoms with Gasteiger partial charge >= 0.3 is 0 Å². The largest absolute Gasteiger partial charge is 0.342 e. The quantitative estimate of drug-likeness (QED) is 0.688. The summed E-state index contributed by atoms with van der Waals surface area (Å²) < 4.78 is 13.4. The van der Waals surface area contributed by atoms with E-state index >= 15 is 0 Å². The van der Waals surface area contributed by atoms with Crippen molar-refractivity contribution < 1.29 is 9.18 Å². The van der Waals surface area contributed by atoms with E-state index in [0.717, 1.165) is 61.6 Å². The lowest BCUT2D eigenvalue weighted by molar-refractivity contribution is -0.117. The first-order valence-electron chi connectivity index (χ1n) is 10.9. The molecule has 0 aliphatic carbocycles. The van der Waals surface area contributed by atoms with E-state index in [-0.39, 0.29) is 11.7 Å². The second-order valence-corrected chi connectivity index (χ2v) is 8.61. The number of hydrogen-bond donors (Lipinski definition) is 1. The molecule has 0 radical (unpaired) electrons. The van der Waals surface area contributed by atoms with Gasteiger partial charge in [0.05, 0.1) is 11.0 Å². The van der Waals surface area contributed by atoms with Gasteiger partial charge in [-0.15, -0.1) is 0 Å². The monoisotopic (exact) mass is 406 g/mol. The molecule has 2 aliphatic heterocycles. The van der Waals surface area contributed by atoms with Crippen LogP contribution in [0.2, 0.25) is 0 Å². The second kappa shape index (κ2) is 8.19. The molecule has 1 aromatic heterocycles. The van der Waals surface area contributed by atoms with Crippen LogP contribution in [0.4, 0.5) is 10.1 Å². The number of carbonyl (C=O) groups is 1. The van der Waals surface area contributed by atoms with Crippen molar-refractivity contribution in [2.24, 2.45) is 5.92 Å². The van der Waals surface area contributed by atoms with E-state index in [1.165, 1.54) is 30.5 Å². The van der Waals surface area contributed by atoms with Crippen LogP contribution in [-0.4, -0.2) is 40.4 Å². The Morgan fingerprint density at radius 1 is 1.10 bits per heavy atom. The lowest BCUT2D eigenvalue weighted by atomic mass is 9.94. The maximum atomic E-state index is 13.4. The van der Waals surface area contributed by atoms with Gasteiger partial charge in [0.15, 0.2) is 0 Å². The van der Waals surface area contributed by atoms with Crippen molar-refractivity contribution in [2.45, 2.75) is 38.6 Å². The highest BCUT2D eigenvalue weighted by atomic mass is 19.1. The molecule has 2 saturated heterocycles. The number of benzene rings is 2. The van der Waals surface area contributed by atoms with Gasteiger partial charge in [0.2, 0.25) is 5.91 Å². The highest BCUT2D eigenvalue weighted by Crippen LogP contribution is 2.25. The number of carbonyl (C=O) groups excluding carboxylic acids is 1. The Hall–Kier alpha value is -2.73. The summed E-state index contributed by atoms with van der Waals surface area (Å²) in [6.45, 7) is 3.91. The second-order valence-electron chi connectivity index (χ2n) is 8.61. The summed E-state index contributed by atoms with van der Waals surface area (Å²) in [5.74, 6) is 1.49. The van der Waals surface area contributed by atoms with Gasteiger partial charge in [-0.2, -0.15) is 0 Å². The number of likely N-dealkylation sites (tertiary alicyclic amines) is 1. The Kier molecular flexibility index (Phi) is 5.25. The van der Waals surface area contributed by atoms with E-state index in [1.54, 1.807) is 6.07 Å². The summed E-state index contributed by atoms with van der Waals surface area (Å²) in [6.07, 6.45) is 4.88. The normalized spacial score (nSPS) is 20.4. The fourth-order valence-corrected chi connectivity index (χ4v) is 4.83. The Morgan fingerprint density at radius 2 is 1.97 bits per heavy atom. The van der Waals surface area contributed by atoms with Crippen molar-refractivity contribution in [3.8, 4) is 0 Å². The summed E-state index contributed by atoms with van der Waals surface area (Å²) in [7, 11) is 0. The first-order valence-corrected chi connectivity index (χ1v) is 10.9. The molecule has 156 valence electrons. The molecule has 1 amide bonds. The molecule has 1 N–H and O–H groups in total. The number of fused-ring (bicyclic) bond motifs is 1. The lowest BCUT2D eigenvalue weighted by Crippen LogP contribution is -2.35. The molecule has 0 saturated carbocycles. The molecule has 6 heteroatoms. The zero-order valence-electron chi connectivity index (χ0n) is 17.1. The number of aromatic amines is 1. The van der Waals surface area contributed by atoms with Crippen LogP contribution < -0.4 is 4.90 Å². The zero-order valence-corrected chi connectivity index (χ0v) is 17.1. The Balaban J connectivity index is 1.20. The summed E-state index contributed by atoms with van der Waals surface area (Å²) in [5, 5.41) is 0. The molecule has 2 fully saturated rings. The van der Waals surface area contributed by atoms with Crippen LogP contribution in [-0.2, 0) is 17.8 Å². The molecule has 2 aliphatic rings. The van der Waals surface area contributed by atoms with Gasteiger partial charge in [0.25, 0.3) is 0 Å². The smallest absolute Gasteiger partial charge is 0.227 e. The number of nitrogens with one attached hydrogen (secondary N) is 1. The van der Waals surface area contributed by atoms with Crippen molar-refractivity contribution in [1.82, 2.24) is 14.9 Å². The van der Waals surface area contributed by atoms with Crippen LogP contribution >= 0.6 is 0 Å². The van der Waals surface area contributed by atoms with Gasteiger partial charge in [-0.05, 0) is 67.6 Å². The molecule has 2 aromatic carbocycles. The Labute approximate surface area is 175 Å². The minimum absolute atomic E-state index is 0.231. The number of H-pyrrole nitrogens is 1. The first kappa shape index (κ1) is 19.2. The lowest BCUT2D eigenvalue weighted by Gasteiger charge is -2.32. The van der Waals surface area contributed by atoms with Gasteiger partial charge in [-0.1, -0.05) is 12.1 Å². The van der Waals surface area contributed by atoms with Gasteiger partial charge in [0.1, 0.15) is 11.6 Å². The van der Waals surface area contributed by atoms with Crippen LogP contribution in [0.25, 0.3) is 11.0 Å². The van der Waals surface area contributed by atoms with Crippen LogP contribution in [0.15, 0.2) is 42.5 Å². The van der Waals surface area contributed by atoms with E-state index in [0.29, 0.717) is 12.3 Å². The highest BCUT2D eigenvalue weighted by molar-refractivity contribution is 5.95. The van der Waals surface area contributed by atoms with Crippen molar-refractivity contribution in [2.75, 3.05) is 24.5 Å². The van der Waals surface area contributed by atoms with Gasteiger partial charge in [-0.3, -0.25) is 9.69 Å². The van der Waals surface area contributed by atoms with Gasteiger partial charge in [0, 0.05) is 38.2 Å². The van der Waals surface area contributed by atoms with Gasteiger partial charge in [-0.25, -0.2) is 9.37 Å². The van der Waals surface area contributed by atoms with Crippen molar-refractivity contribution in [1.29, 1.82) is 0 Å². The number of rotatable bonds is 5. The average molecular weight is 407 g/mol. The third-order valence-electron chi connectivity index (χ3n) is 6.31. The van der Waals surface area contributed by atoms with E-state index in [2.05, 4.69) is 39.1 Å². The number of aromatic nitrogens is 2. The van der Waals surface area contributed by atoms with E-state index in [4.69, 9.17) is 0 Å². The number of piperidine rings is 1. The average Bonchev–Trinajstić information content (AvgIpc) is 3.34. The summed E-state index contributed by atoms with van der Waals surface area (Å²) >= 11 is 0. The molecule has 5 nitrogen and oxygen atoms in total. The van der Waals surface area contributed by atoms with Crippen LogP contribution in [0.3, 0.4) is 0 Å². The van der Waals surface area contributed by atoms with Crippen LogP contribution in [0.5, 0.6) is 0 Å². The molecule has 0 bridgehead atoms. The Bertz CT molecular complexity index is 1050. The fourth-order valence-electron chi connectivity index (χ4n) is 4.83. The third kappa shape index (κ3) is 4.10. The molecule has 3 heterocycles. The van der Waals surface area contributed by atoms with Gasteiger partial charge < -0.3 is 9.88 Å². The van der Waals surface area contributed by atoms with E-state index in [9.17, 15) is 9.18 Å². The predicted octanol–water partition coefficient (Wildman–Crippen LogP) is 4.28. The number of amides is 1. The summed E-state index contributed by atoms with van der Waals surface area (Å²) in [4.78, 5) is 24.2. The Morgan fingerprint density at radius 3 is 2.77 bits per heavy atom. The molecule has 1 atom stereocenters. The molecule has 5 rings (SSSR count). The number of imidazole rings is 1. The summed E-state index contributed by atoms with van der Waals surface area (Å²) in [6, 6.07) is 13.2. The SMILES string of the molecule is O=C1CCCN1c1ccc(CN2CCC[C@@H](Cc3nc4ccc(F)cc4[nH]3)C2)cc1. The summed E-state index contributed by atoms with van der Waals surface area (Å²) in [5.41, 5.74) is 3.90. The molecule has 0 spiro atoms. The molecule has 30 heavy (non-hydrogen) atoms. The van der Waals surface area contributed by atoms with Crippen molar-refractivity contribution >= 4 is 22.6 Å². The maximum absolute atomic E-state index is 13.4. The fraction of sp³-hybridized carbons (Fsp3) is 0.417. The highest BCUT2D eigenvalue weighted by Gasteiger charge is 2.23. The van der Waals surface area contributed by atoms with Crippen molar-refractivity contribution in [3.63, 3.8) is 0 Å². The minimum Gasteiger partial charge on any atom is -0.342 e. The van der Waals surface area contributed by atoms with Crippen LogP contribution in [0, 0.1) is 11.7 Å². The van der Waals surface area contributed by atoms with E-state index in [1.807, 2.05) is 4.90 Å². The van der Waals surface area contributed by atoms with Crippen LogP contribution in [0.1, 0.15) is 37.1 Å². The van der Waals surface area contributed by atoms with E-state index < -0.39 is 0 Å². The number of anilines is 1. The number of nitrogens with zero attached hydrogens (tertiary/aromatic N) is 3. The minimum atomic E-state index is -0.235. The molecule has 3 aromatic rings. The topological polar surface area (TPSA) is 52.2 Å². The molecular weight excluding hydrogens is 379 g/mol.